The number of nitrogens with one attached hydrogen (secondary N) is 1. The minimum absolute atomic E-state index is 0.242. The fraction of sp³-hybridized carbons (Fsp3) is 0.588. The third-order valence-corrected chi connectivity index (χ3v) is 5.68. The SMILES string of the molecule is N#CC1(NC2CC2)CCCC(SCc2ccccc2)C1. The van der Waals surface area contributed by atoms with Gasteiger partial charge < -0.3 is 0 Å². The van der Waals surface area contributed by atoms with Gasteiger partial charge >= 0.3 is 0 Å². The fourth-order valence-corrected chi connectivity index (χ4v) is 4.39. The van der Waals surface area contributed by atoms with Gasteiger partial charge in [-0.25, -0.2) is 0 Å². The Balaban J connectivity index is 1.56. The number of rotatable bonds is 5. The molecule has 0 heterocycles. The number of nitriles is 1. The van der Waals surface area contributed by atoms with Gasteiger partial charge in [-0.2, -0.15) is 17.0 Å². The third kappa shape index (κ3) is 3.56. The van der Waals surface area contributed by atoms with Crippen LogP contribution in [0.15, 0.2) is 30.3 Å². The summed E-state index contributed by atoms with van der Waals surface area (Å²) < 4.78 is 0. The maximum Gasteiger partial charge on any atom is 0.108 e. The Morgan fingerprint density at radius 3 is 2.75 bits per heavy atom. The van der Waals surface area contributed by atoms with Crippen molar-refractivity contribution in [3.05, 3.63) is 35.9 Å². The van der Waals surface area contributed by atoms with E-state index in [0.29, 0.717) is 11.3 Å². The van der Waals surface area contributed by atoms with E-state index < -0.39 is 0 Å². The third-order valence-electron chi connectivity index (χ3n) is 4.31. The van der Waals surface area contributed by atoms with E-state index in [1.807, 2.05) is 11.8 Å². The summed E-state index contributed by atoms with van der Waals surface area (Å²) in [6.45, 7) is 0. The molecule has 2 aliphatic carbocycles. The van der Waals surface area contributed by atoms with Gasteiger partial charge in [0.15, 0.2) is 0 Å². The van der Waals surface area contributed by atoms with E-state index >= 15 is 0 Å². The molecule has 0 aromatic heterocycles. The summed E-state index contributed by atoms with van der Waals surface area (Å²) >= 11 is 2.02. The molecule has 2 saturated carbocycles. The first-order valence-corrected chi connectivity index (χ1v) is 8.69. The highest BCUT2D eigenvalue weighted by Gasteiger charge is 2.40. The second kappa shape index (κ2) is 6.20. The van der Waals surface area contributed by atoms with Gasteiger partial charge in [-0.05, 0) is 44.1 Å². The molecule has 0 bridgehead atoms. The molecule has 2 fully saturated rings. The van der Waals surface area contributed by atoms with Crippen molar-refractivity contribution in [1.29, 1.82) is 5.26 Å². The first kappa shape index (κ1) is 14.0. The van der Waals surface area contributed by atoms with Crippen LogP contribution in [-0.2, 0) is 5.75 Å². The summed E-state index contributed by atoms with van der Waals surface area (Å²) in [6.07, 6.45) is 6.99. The molecule has 1 aromatic rings. The van der Waals surface area contributed by atoms with Crippen LogP contribution in [0.25, 0.3) is 0 Å². The second-order valence-electron chi connectivity index (χ2n) is 6.13. The van der Waals surface area contributed by atoms with Crippen LogP contribution in [-0.4, -0.2) is 16.8 Å². The van der Waals surface area contributed by atoms with Gasteiger partial charge in [-0.15, -0.1) is 0 Å². The number of nitrogens with zero attached hydrogens (tertiary/aromatic N) is 1. The van der Waals surface area contributed by atoms with Crippen LogP contribution in [0.3, 0.4) is 0 Å². The van der Waals surface area contributed by atoms with Crippen LogP contribution in [0.1, 0.15) is 44.1 Å². The van der Waals surface area contributed by atoms with Crippen LogP contribution in [0.2, 0.25) is 0 Å². The standard InChI is InChI=1S/C17H22N2S/c18-13-17(19-15-8-9-15)10-4-7-16(11-17)20-12-14-5-2-1-3-6-14/h1-3,5-6,15-16,19H,4,7-12H2. The minimum atomic E-state index is -0.242. The van der Waals surface area contributed by atoms with Crippen LogP contribution in [0, 0.1) is 11.3 Å². The zero-order chi connectivity index (χ0) is 13.8. The van der Waals surface area contributed by atoms with E-state index in [1.165, 1.54) is 31.2 Å². The lowest BCUT2D eigenvalue weighted by molar-refractivity contribution is 0.301. The van der Waals surface area contributed by atoms with Crippen molar-refractivity contribution in [3.8, 4) is 6.07 Å². The van der Waals surface area contributed by atoms with Crippen LogP contribution in [0.5, 0.6) is 0 Å². The van der Waals surface area contributed by atoms with Crippen LogP contribution >= 0.6 is 11.8 Å². The normalized spacial score (nSPS) is 29.9. The molecule has 2 nitrogen and oxygen atoms in total. The summed E-state index contributed by atoms with van der Waals surface area (Å²) in [5.74, 6) is 1.07. The van der Waals surface area contributed by atoms with Crippen molar-refractivity contribution in [2.45, 2.75) is 61.1 Å². The van der Waals surface area contributed by atoms with E-state index in [1.54, 1.807) is 0 Å². The van der Waals surface area contributed by atoms with Crippen LogP contribution in [0.4, 0.5) is 0 Å². The van der Waals surface area contributed by atoms with Gasteiger partial charge in [0.25, 0.3) is 0 Å². The van der Waals surface area contributed by atoms with Gasteiger partial charge in [-0.1, -0.05) is 30.3 Å². The van der Waals surface area contributed by atoms with Gasteiger partial charge in [0.2, 0.25) is 0 Å². The molecule has 1 N–H and O–H groups in total. The molecule has 106 valence electrons. The van der Waals surface area contributed by atoms with E-state index in [4.69, 9.17) is 0 Å². The zero-order valence-electron chi connectivity index (χ0n) is 11.8. The highest BCUT2D eigenvalue weighted by Crippen LogP contribution is 2.38. The summed E-state index contributed by atoms with van der Waals surface area (Å²) in [7, 11) is 0. The topological polar surface area (TPSA) is 35.8 Å². The molecule has 0 saturated heterocycles. The summed E-state index contributed by atoms with van der Waals surface area (Å²) in [5, 5.41) is 13.8. The molecule has 2 atom stereocenters. The lowest BCUT2D eigenvalue weighted by atomic mass is 9.82. The van der Waals surface area contributed by atoms with Gasteiger partial charge in [0, 0.05) is 17.0 Å². The van der Waals surface area contributed by atoms with Crippen molar-refractivity contribution < 1.29 is 0 Å². The summed E-state index contributed by atoms with van der Waals surface area (Å²) in [6, 6.07) is 13.9. The number of hydrogen-bond acceptors (Lipinski definition) is 3. The smallest absolute Gasteiger partial charge is 0.108 e. The maximum atomic E-state index is 9.60. The van der Waals surface area contributed by atoms with Crippen molar-refractivity contribution in [2.75, 3.05) is 0 Å². The average molecular weight is 286 g/mol. The van der Waals surface area contributed by atoms with E-state index in [9.17, 15) is 5.26 Å². The molecule has 2 aliphatic rings. The summed E-state index contributed by atoms with van der Waals surface area (Å²) in [5.41, 5.74) is 1.15. The number of hydrogen-bond donors (Lipinski definition) is 1. The minimum Gasteiger partial charge on any atom is -0.297 e. The van der Waals surface area contributed by atoms with E-state index in [0.717, 1.165) is 18.6 Å². The summed E-state index contributed by atoms with van der Waals surface area (Å²) in [4.78, 5) is 0. The van der Waals surface area contributed by atoms with E-state index in [-0.39, 0.29) is 5.54 Å². The van der Waals surface area contributed by atoms with Crippen molar-refractivity contribution >= 4 is 11.8 Å². The second-order valence-corrected chi connectivity index (χ2v) is 7.42. The Bertz CT molecular complexity index is 478. The Labute approximate surface area is 125 Å². The molecule has 0 spiro atoms. The molecule has 20 heavy (non-hydrogen) atoms. The molecule has 3 heteroatoms. The molecule has 0 radical (unpaired) electrons. The molecular weight excluding hydrogens is 264 g/mol. The predicted octanol–water partition coefficient (Wildman–Crippen LogP) is 3.88. The lowest BCUT2D eigenvalue weighted by Gasteiger charge is -2.36. The molecule has 3 rings (SSSR count). The van der Waals surface area contributed by atoms with Crippen molar-refractivity contribution in [3.63, 3.8) is 0 Å². The highest BCUT2D eigenvalue weighted by molar-refractivity contribution is 7.99. The largest absolute Gasteiger partial charge is 0.297 e. The van der Waals surface area contributed by atoms with Gasteiger partial charge in [0.1, 0.15) is 5.54 Å². The molecule has 0 aliphatic heterocycles. The van der Waals surface area contributed by atoms with Crippen LogP contribution < -0.4 is 5.32 Å². The van der Waals surface area contributed by atoms with Gasteiger partial charge in [-0.3, -0.25) is 5.32 Å². The zero-order valence-corrected chi connectivity index (χ0v) is 12.7. The highest BCUT2D eigenvalue weighted by atomic mass is 32.2. The molecule has 1 aromatic carbocycles. The number of thioether (sulfide) groups is 1. The monoisotopic (exact) mass is 286 g/mol. The average Bonchev–Trinajstić information content (AvgIpc) is 3.30. The fourth-order valence-electron chi connectivity index (χ4n) is 3.04. The Morgan fingerprint density at radius 1 is 1.25 bits per heavy atom. The lowest BCUT2D eigenvalue weighted by Crippen LogP contribution is -2.49. The first-order valence-electron chi connectivity index (χ1n) is 7.64. The predicted molar refractivity (Wildman–Crippen MR) is 84.5 cm³/mol. The van der Waals surface area contributed by atoms with Crippen molar-refractivity contribution in [1.82, 2.24) is 5.32 Å². The quantitative estimate of drug-likeness (QED) is 0.892. The molecule has 0 amide bonds. The van der Waals surface area contributed by atoms with E-state index in [2.05, 4.69) is 41.7 Å². The molecular formula is C17H22N2S. The Kier molecular flexibility index (Phi) is 4.33. The number of benzene rings is 1. The Hall–Kier alpha value is -0.980. The van der Waals surface area contributed by atoms with Crippen molar-refractivity contribution in [2.24, 2.45) is 0 Å². The first-order chi connectivity index (χ1) is 9.80. The maximum absolute atomic E-state index is 9.60. The van der Waals surface area contributed by atoms with Gasteiger partial charge in [0.05, 0.1) is 6.07 Å². The Morgan fingerprint density at radius 2 is 2.05 bits per heavy atom. The molecule has 2 unspecified atom stereocenters.